The molecule has 0 spiro atoms. The van der Waals surface area contributed by atoms with E-state index in [1.54, 1.807) is 0 Å². The quantitative estimate of drug-likeness (QED) is 0.515. The normalized spacial score (nSPS) is 9.67. The molecule has 0 aromatic carbocycles. The van der Waals surface area contributed by atoms with Crippen LogP contribution in [0.25, 0.3) is 0 Å². The molecule has 0 radical (unpaired) electrons. The molecule has 1 aromatic rings. The molecule has 0 fully saturated rings. The third-order valence-electron chi connectivity index (χ3n) is 0.769. The Kier molecular flexibility index (Phi) is 1.62. The van der Waals surface area contributed by atoms with Gasteiger partial charge in [-0.15, -0.1) is 0 Å². The van der Waals surface area contributed by atoms with Gasteiger partial charge in [0.25, 0.3) is 0 Å². The highest BCUT2D eigenvalue weighted by Crippen LogP contribution is 2.10. The van der Waals surface area contributed by atoms with E-state index in [-0.39, 0.29) is 5.02 Å². The lowest BCUT2D eigenvalue weighted by atomic mass is 10.5. The zero-order valence-electron chi connectivity index (χ0n) is 4.24. The molecule has 1 rings (SSSR count). The van der Waals surface area contributed by atoms with E-state index in [0.717, 1.165) is 12.1 Å². The van der Waals surface area contributed by atoms with Crippen molar-refractivity contribution >= 4 is 11.6 Å². The molecule has 0 N–H and O–H groups in total. The second kappa shape index (κ2) is 2.27. The van der Waals surface area contributed by atoms with Crippen LogP contribution in [0.4, 0.5) is 8.78 Å². The Hall–Kier alpha value is -0.700. The van der Waals surface area contributed by atoms with E-state index in [1.165, 1.54) is 0 Å². The van der Waals surface area contributed by atoms with Crippen molar-refractivity contribution in [2.24, 2.45) is 0 Å². The van der Waals surface area contributed by atoms with Crippen LogP contribution in [0.2, 0.25) is 5.02 Å². The van der Waals surface area contributed by atoms with Gasteiger partial charge in [-0.3, -0.25) is 0 Å². The Morgan fingerprint density at radius 1 is 1.33 bits per heavy atom. The minimum Gasteiger partial charge on any atom is -0.189 e. The predicted octanol–water partition coefficient (Wildman–Crippen LogP) is 2.01. The fourth-order valence-corrected chi connectivity index (χ4v) is 0.500. The topological polar surface area (TPSA) is 12.9 Å². The molecule has 0 saturated carbocycles. The number of hydrogen-bond donors (Lipinski definition) is 0. The summed E-state index contributed by atoms with van der Waals surface area (Å²) in [4.78, 5) is 2.81. The molecular weight excluding hydrogens is 148 g/mol. The number of rotatable bonds is 0. The Bertz CT molecular complexity index is 226. The van der Waals surface area contributed by atoms with Crippen LogP contribution >= 0.6 is 11.6 Å². The summed E-state index contributed by atoms with van der Waals surface area (Å²) >= 11 is 5.18. The molecule has 1 heterocycles. The molecule has 0 atom stereocenters. The second-order valence-corrected chi connectivity index (χ2v) is 1.81. The molecular formula is C5H2ClF2N. The Balaban J connectivity index is 3.17. The first-order valence-electron chi connectivity index (χ1n) is 2.17. The number of halogens is 3. The number of hydrogen-bond acceptors (Lipinski definition) is 1. The summed E-state index contributed by atoms with van der Waals surface area (Å²) in [7, 11) is 0. The van der Waals surface area contributed by atoms with Gasteiger partial charge in [-0.25, -0.2) is 0 Å². The van der Waals surface area contributed by atoms with E-state index >= 15 is 0 Å². The molecule has 1 nitrogen and oxygen atoms in total. The summed E-state index contributed by atoms with van der Waals surface area (Å²) in [6, 6.07) is 2.10. The number of nitrogens with zero attached hydrogens (tertiary/aromatic N) is 1. The van der Waals surface area contributed by atoms with E-state index in [9.17, 15) is 8.78 Å². The van der Waals surface area contributed by atoms with E-state index < -0.39 is 11.9 Å². The van der Waals surface area contributed by atoms with Gasteiger partial charge in [0.1, 0.15) is 0 Å². The van der Waals surface area contributed by atoms with Crippen LogP contribution in [0.15, 0.2) is 12.1 Å². The van der Waals surface area contributed by atoms with Gasteiger partial charge in [0.2, 0.25) is 11.9 Å². The van der Waals surface area contributed by atoms with Crippen LogP contribution in [-0.4, -0.2) is 4.98 Å². The average molecular weight is 150 g/mol. The Labute approximate surface area is 55.3 Å². The molecule has 0 bridgehead atoms. The summed E-state index contributed by atoms with van der Waals surface area (Å²) < 4.78 is 24.0. The first-order chi connectivity index (χ1) is 4.20. The number of pyridine rings is 1. The highest BCUT2D eigenvalue weighted by Gasteiger charge is 1.99. The van der Waals surface area contributed by atoms with Crippen LogP contribution in [0.1, 0.15) is 0 Å². The van der Waals surface area contributed by atoms with E-state index in [0.29, 0.717) is 0 Å². The molecule has 0 unspecified atom stereocenters. The molecule has 0 amide bonds. The van der Waals surface area contributed by atoms with Crippen LogP contribution in [0.3, 0.4) is 0 Å². The van der Waals surface area contributed by atoms with Crippen LogP contribution in [0, 0.1) is 11.9 Å². The molecule has 1 aromatic heterocycles. The smallest absolute Gasteiger partial charge is 0.189 e. The van der Waals surface area contributed by atoms with Gasteiger partial charge in [-0.2, -0.15) is 13.8 Å². The van der Waals surface area contributed by atoms with E-state index in [4.69, 9.17) is 11.6 Å². The van der Waals surface area contributed by atoms with Gasteiger partial charge in [0.05, 0.1) is 5.02 Å². The molecule has 0 saturated heterocycles. The van der Waals surface area contributed by atoms with Crippen molar-refractivity contribution in [3.63, 3.8) is 0 Å². The van der Waals surface area contributed by atoms with E-state index in [1.807, 2.05) is 0 Å². The second-order valence-electron chi connectivity index (χ2n) is 1.41. The van der Waals surface area contributed by atoms with Crippen molar-refractivity contribution in [3.05, 3.63) is 29.1 Å². The summed E-state index contributed by atoms with van der Waals surface area (Å²) in [6.45, 7) is 0. The fraction of sp³-hybridized carbons (Fsp3) is 0. The SMILES string of the molecule is Fc1ccc(Cl)c(F)n1. The molecule has 48 valence electrons. The summed E-state index contributed by atoms with van der Waals surface area (Å²) in [5.74, 6) is -1.84. The minimum atomic E-state index is -0.975. The predicted molar refractivity (Wildman–Crippen MR) is 29.2 cm³/mol. The van der Waals surface area contributed by atoms with Gasteiger partial charge in [-0.05, 0) is 12.1 Å². The van der Waals surface area contributed by atoms with Gasteiger partial charge >= 0.3 is 0 Å². The monoisotopic (exact) mass is 149 g/mol. The molecule has 4 heteroatoms. The van der Waals surface area contributed by atoms with E-state index in [2.05, 4.69) is 4.98 Å². The standard InChI is InChI=1S/C5H2ClF2N/c6-3-1-2-4(7)9-5(3)8/h1-2H. The first kappa shape index (κ1) is 6.42. The summed E-state index contributed by atoms with van der Waals surface area (Å²) in [6.07, 6.45) is 0. The average Bonchev–Trinajstić information content (AvgIpc) is 1.80. The lowest BCUT2D eigenvalue weighted by Crippen LogP contribution is -1.86. The zero-order valence-corrected chi connectivity index (χ0v) is 4.99. The van der Waals surface area contributed by atoms with Crippen molar-refractivity contribution in [1.82, 2.24) is 4.98 Å². The highest BCUT2D eigenvalue weighted by atomic mass is 35.5. The van der Waals surface area contributed by atoms with Crippen molar-refractivity contribution in [3.8, 4) is 0 Å². The zero-order chi connectivity index (χ0) is 6.85. The maximum absolute atomic E-state index is 12.1. The summed E-state index contributed by atoms with van der Waals surface area (Å²) in [5.41, 5.74) is 0. The van der Waals surface area contributed by atoms with Gasteiger partial charge in [0, 0.05) is 0 Å². The van der Waals surface area contributed by atoms with Gasteiger partial charge < -0.3 is 0 Å². The highest BCUT2D eigenvalue weighted by molar-refractivity contribution is 6.30. The van der Waals surface area contributed by atoms with Crippen molar-refractivity contribution < 1.29 is 8.78 Å². The molecule has 0 aliphatic carbocycles. The van der Waals surface area contributed by atoms with Gasteiger partial charge in [-0.1, -0.05) is 11.6 Å². The Morgan fingerprint density at radius 3 is 2.44 bits per heavy atom. The van der Waals surface area contributed by atoms with Crippen molar-refractivity contribution in [2.75, 3.05) is 0 Å². The summed E-state index contributed by atoms with van der Waals surface area (Å²) in [5, 5.41) is -0.170. The third kappa shape index (κ3) is 1.36. The molecule has 0 aliphatic rings. The Morgan fingerprint density at radius 2 is 2.00 bits per heavy atom. The van der Waals surface area contributed by atoms with Crippen molar-refractivity contribution in [2.45, 2.75) is 0 Å². The first-order valence-corrected chi connectivity index (χ1v) is 2.55. The number of aromatic nitrogens is 1. The minimum absolute atomic E-state index is 0.170. The lowest BCUT2D eigenvalue weighted by Gasteiger charge is -1.89. The molecule has 9 heavy (non-hydrogen) atoms. The van der Waals surface area contributed by atoms with Crippen molar-refractivity contribution in [1.29, 1.82) is 0 Å². The fourth-order valence-electron chi connectivity index (χ4n) is 0.395. The van der Waals surface area contributed by atoms with Crippen LogP contribution in [-0.2, 0) is 0 Å². The largest absolute Gasteiger partial charge is 0.234 e. The van der Waals surface area contributed by atoms with Crippen LogP contribution < -0.4 is 0 Å². The van der Waals surface area contributed by atoms with Crippen LogP contribution in [0.5, 0.6) is 0 Å². The molecule has 0 aliphatic heterocycles. The van der Waals surface area contributed by atoms with Gasteiger partial charge in [0.15, 0.2) is 0 Å². The lowest BCUT2D eigenvalue weighted by molar-refractivity contribution is 0.513. The maximum Gasteiger partial charge on any atom is 0.234 e. The third-order valence-corrected chi connectivity index (χ3v) is 1.05. The maximum atomic E-state index is 12.1.